The highest BCUT2D eigenvalue weighted by Crippen LogP contribution is 2.34. The van der Waals surface area contributed by atoms with Gasteiger partial charge in [-0.1, -0.05) is 36.4 Å². The largest absolute Gasteiger partial charge is 0.333 e. The van der Waals surface area contributed by atoms with Gasteiger partial charge in [0.2, 0.25) is 0 Å². The van der Waals surface area contributed by atoms with Crippen LogP contribution in [0.1, 0.15) is 35.6 Å². The number of urea groups is 1. The number of nitrogens with zero attached hydrogens (tertiary/aromatic N) is 3. The average Bonchev–Trinajstić information content (AvgIpc) is 3.34. The van der Waals surface area contributed by atoms with Crippen molar-refractivity contribution in [1.82, 2.24) is 14.5 Å². The van der Waals surface area contributed by atoms with Crippen LogP contribution >= 0.6 is 0 Å². The number of likely N-dealkylation sites (tertiary alicyclic amines) is 1. The van der Waals surface area contributed by atoms with Gasteiger partial charge in [-0.25, -0.2) is 9.78 Å². The van der Waals surface area contributed by atoms with Crippen molar-refractivity contribution < 1.29 is 4.79 Å². The molecule has 0 saturated carbocycles. The molecule has 0 aliphatic carbocycles. The third kappa shape index (κ3) is 3.87. The van der Waals surface area contributed by atoms with E-state index in [1.165, 1.54) is 11.1 Å². The lowest BCUT2D eigenvalue weighted by Crippen LogP contribution is -2.34. The van der Waals surface area contributed by atoms with Gasteiger partial charge >= 0.3 is 6.03 Å². The number of amides is 2. The number of aromatic nitrogens is 2. The predicted octanol–water partition coefficient (Wildman–Crippen LogP) is 4.61. The molecule has 1 fully saturated rings. The van der Waals surface area contributed by atoms with E-state index in [0.29, 0.717) is 0 Å². The second-order valence-corrected chi connectivity index (χ2v) is 7.07. The summed E-state index contributed by atoms with van der Waals surface area (Å²) in [5, 5.41) is 3.09. The van der Waals surface area contributed by atoms with Gasteiger partial charge in [-0.15, -0.1) is 0 Å². The van der Waals surface area contributed by atoms with Crippen LogP contribution in [0.15, 0.2) is 67.3 Å². The monoisotopic (exact) mass is 360 g/mol. The maximum atomic E-state index is 12.9. The molecule has 1 unspecified atom stereocenters. The van der Waals surface area contributed by atoms with Crippen LogP contribution in [0.5, 0.6) is 0 Å². The van der Waals surface area contributed by atoms with E-state index in [9.17, 15) is 4.79 Å². The first kappa shape index (κ1) is 17.3. The van der Waals surface area contributed by atoms with Gasteiger partial charge in [-0.05, 0) is 48.6 Å². The molecule has 1 aliphatic rings. The minimum absolute atomic E-state index is 0.0273. The number of rotatable bonds is 4. The molecular weight excluding hydrogens is 336 g/mol. The number of benzene rings is 2. The zero-order chi connectivity index (χ0) is 18.6. The van der Waals surface area contributed by atoms with Gasteiger partial charge < -0.3 is 14.8 Å². The first-order chi connectivity index (χ1) is 13.2. The van der Waals surface area contributed by atoms with Gasteiger partial charge in [0.05, 0.1) is 12.4 Å². The summed E-state index contributed by atoms with van der Waals surface area (Å²) in [6.45, 7) is 3.64. The summed E-state index contributed by atoms with van der Waals surface area (Å²) in [7, 11) is 0. The van der Waals surface area contributed by atoms with Crippen molar-refractivity contribution in [3.05, 3.63) is 83.9 Å². The summed E-state index contributed by atoms with van der Waals surface area (Å²) >= 11 is 0. The van der Waals surface area contributed by atoms with Crippen LogP contribution < -0.4 is 5.32 Å². The van der Waals surface area contributed by atoms with E-state index in [0.717, 1.165) is 37.2 Å². The topological polar surface area (TPSA) is 50.2 Å². The van der Waals surface area contributed by atoms with Crippen molar-refractivity contribution in [2.24, 2.45) is 0 Å². The van der Waals surface area contributed by atoms with Gasteiger partial charge in [0, 0.05) is 31.2 Å². The summed E-state index contributed by atoms with van der Waals surface area (Å²) in [6, 6.07) is 16.5. The maximum Gasteiger partial charge on any atom is 0.322 e. The molecule has 2 amide bonds. The molecule has 138 valence electrons. The Kier molecular flexibility index (Phi) is 4.92. The normalized spacial score (nSPS) is 16.5. The quantitative estimate of drug-likeness (QED) is 0.739. The summed E-state index contributed by atoms with van der Waals surface area (Å²) in [5.74, 6) is 0. The van der Waals surface area contributed by atoms with E-state index in [1.54, 1.807) is 12.5 Å². The molecule has 1 N–H and O–H groups in total. The van der Waals surface area contributed by atoms with Gasteiger partial charge in [0.1, 0.15) is 0 Å². The molecule has 2 heterocycles. The lowest BCUT2D eigenvalue weighted by atomic mass is 9.99. The smallest absolute Gasteiger partial charge is 0.322 e. The van der Waals surface area contributed by atoms with Crippen LogP contribution in [0.4, 0.5) is 10.5 Å². The van der Waals surface area contributed by atoms with E-state index in [1.807, 2.05) is 39.9 Å². The molecule has 2 aromatic carbocycles. The van der Waals surface area contributed by atoms with Gasteiger partial charge in [0.25, 0.3) is 0 Å². The van der Waals surface area contributed by atoms with Crippen LogP contribution in [0.25, 0.3) is 0 Å². The Labute approximate surface area is 159 Å². The fourth-order valence-electron chi connectivity index (χ4n) is 3.83. The minimum Gasteiger partial charge on any atom is -0.333 e. The summed E-state index contributed by atoms with van der Waals surface area (Å²) < 4.78 is 2.01. The Morgan fingerprint density at radius 2 is 2.11 bits per heavy atom. The number of hydrogen-bond donors (Lipinski definition) is 1. The molecule has 4 rings (SSSR count). The maximum absolute atomic E-state index is 12.9. The SMILES string of the molecule is Cc1ccccc1C1CCCN1C(=O)Nc1cccc(Cn2ccnc2)c1. The molecule has 1 atom stereocenters. The van der Waals surface area contributed by atoms with Crippen molar-refractivity contribution in [3.8, 4) is 0 Å². The molecule has 0 spiro atoms. The first-order valence-electron chi connectivity index (χ1n) is 9.38. The highest BCUT2D eigenvalue weighted by atomic mass is 16.2. The number of hydrogen-bond acceptors (Lipinski definition) is 2. The Bertz CT molecular complexity index is 920. The number of carbonyl (C=O) groups is 1. The lowest BCUT2D eigenvalue weighted by molar-refractivity contribution is 0.207. The van der Waals surface area contributed by atoms with Crippen molar-refractivity contribution >= 4 is 11.7 Å². The molecule has 5 heteroatoms. The van der Waals surface area contributed by atoms with Crippen molar-refractivity contribution in [3.63, 3.8) is 0 Å². The molecule has 0 radical (unpaired) electrons. The number of anilines is 1. The second-order valence-electron chi connectivity index (χ2n) is 7.07. The standard InChI is InChI=1S/C22H24N4O/c1-17-6-2-3-9-20(17)21-10-5-12-26(21)22(27)24-19-8-4-7-18(14-19)15-25-13-11-23-16-25/h2-4,6-9,11,13-14,16,21H,5,10,12,15H2,1H3,(H,24,27). The van der Waals surface area contributed by atoms with E-state index in [4.69, 9.17) is 0 Å². The average molecular weight is 360 g/mol. The van der Waals surface area contributed by atoms with Crippen molar-refractivity contribution in [2.45, 2.75) is 32.4 Å². The summed E-state index contributed by atoms with van der Waals surface area (Å²) in [4.78, 5) is 19.0. The zero-order valence-corrected chi connectivity index (χ0v) is 15.5. The Morgan fingerprint density at radius 1 is 1.22 bits per heavy atom. The van der Waals surface area contributed by atoms with Crippen LogP contribution in [0.3, 0.4) is 0 Å². The number of imidazole rings is 1. The zero-order valence-electron chi connectivity index (χ0n) is 15.5. The molecule has 1 aliphatic heterocycles. The lowest BCUT2D eigenvalue weighted by Gasteiger charge is -2.26. The molecule has 5 nitrogen and oxygen atoms in total. The highest BCUT2D eigenvalue weighted by molar-refractivity contribution is 5.90. The van der Waals surface area contributed by atoms with Crippen molar-refractivity contribution in [2.75, 3.05) is 11.9 Å². The van der Waals surface area contributed by atoms with Crippen LogP contribution in [0, 0.1) is 6.92 Å². The molecule has 1 aromatic heterocycles. The summed E-state index contributed by atoms with van der Waals surface area (Å²) in [5.41, 5.74) is 4.44. The van der Waals surface area contributed by atoms with E-state index < -0.39 is 0 Å². The molecule has 0 bridgehead atoms. The Balaban J connectivity index is 1.48. The van der Waals surface area contributed by atoms with Gasteiger partial charge in [0.15, 0.2) is 0 Å². The van der Waals surface area contributed by atoms with Crippen LogP contribution in [0.2, 0.25) is 0 Å². The highest BCUT2D eigenvalue weighted by Gasteiger charge is 2.30. The third-order valence-corrected chi connectivity index (χ3v) is 5.16. The fraction of sp³-hybridized carbons (Fsp3) is 0.273. The predicted molar refractivity (Wildman–Crippen MR) is 107 cm³/mol. The Morgan fingerprint density at radius 3 is 2.93 bits per heavy atom. The van der Waals surface area contributed by atoms with E-state index >= 15 is 0 Å². The second kappa shape index (κ2) is 7.66. The van der Waals surface area contributed by atoms with E-state index in [-0.39, 0.29) is 12.1 Å². The Hall–Kier alpha value is -3.08. The fourth-order valence-corrected chi connectivity index (χ4v) is 3.83. The van der Waals surface area contributed by atoms with Gasteiger partial charge in [-0.2, -0.15) is 0 Å². The van der Waals surface area contributed by atoms with Crippen LogP contribution in [-0.2, 0) is 6.54 Å². The first-order valence-corrected chi connectivity index (χ1v) is 9.38. The minimum atomic E-state index is -0.0273. The number of aryl methyl sites for hydroxylation is 1. The van der Waals surface area contributed by atoms with Gasteiger partial charge in [-0.3, -0.25) is 0 Å². The third-order valence-electron chi connectivity index (χ3n) is 5.16. The molecule has 27 heavy (non-hydrogen) atoms. The number of carbonyl (C=O) groups excluding carboxylic acids is 1. The molecule has 1 saturated heterocycles. The van der Waals surface area contributed by atoms with Crippen molar-refractivity contribution in [1.29, 1.82) is 0 Å². The molecular formula is C22H24N4O. The summed E-state index contributed by atoms with van der Waals surface area (Å²) in [6.07, 6.45) is 7.54. The number of nitrogens with one attached hydrogen (secondary N) is 1. The molecule has 3 aromatic rings. The van der Waals surface area contributed by atoms with Crippen LogP contribution in [-0.4, -0.2) is 27.0 Å². The van der Waals surface area contributed by atoms with E-state index in [2.05, 4.69) is 41.5 Å².